The summed E-state index contributed by atoms with van der Waals surface area (Å²) in [6.45, 7) is 0. The molecule has 2 saturated carbocycles. The third-order valence-electron chi connectivity index (χ3n) is 4.07. The summed E-state index contributed by atoms with van der Waals surface area (Å²) in [7, 11) is 0. The van der Waals surface area contributed by atoms with Crippen LogP contribution in [0.15, 0.2) is 17.5 Å². The Kier molecular flexibility index (Phi) is 2.09. The second kappa shape index (κ2) is 3.34. The quantitative estimate of drug-likeness (QED) is 0.817. The van der Waals surface area contributed by atoms with E-state index in [1.54, 1.807) is 0 Å². The maximum absolute atomic E-state index is 11.8. The van der Waals surface area contributed by atoms with E-state index in [4.69, 9.17) is 0 Å². The van der Waals surface area contributed by atoms with Crippen LogP contribution < -0.4 is 5.32 Å². The largest absolute Gasteiger partial charge is 0.348 e. The van der Waals surface area contributed by atoms with Gasteiger partial charge in [0.1, 0.15) is 0 Å². The Hall–Kier alpha value is -0.830. The highest BCUT2D eigenvalue weighted by atomic mass is 32.1. The maximum Gasteiger partial charge on any atom is 0.261 e. The summed E-state index contributed by atoms with van der Waals surface area (Å²) in [5, 5.41) is 5.14. The van der Waals surface area contributed by atoms with Crippen molar-refractivity contribution in [3.05, 3.63) is 22.4 Å². The van der Waals surface area contributed by atoms with Gasteiger partial charge in [0.25, 0.3) is 5.91 Å². The fourth-order valence-electron chi connectivity index (χ4n) is 2.79. The lowest BCUT2D eigenvalue weighted by atomic mass is 9.53. The van der Waals surface area contributed by atoms with Crippen LogP contribution in [0.1, 0.15) is 41.8 Å². The van der Waals surface area contributed by atoms with Gasteiger partial charge in [0.05, 0.1) is 4.88 Å². The first-order chi connectivity index (χ1) is 7.30. The van der Waals surface area contributed by atoms with E-state index in [1.807, 2.05) is 17.5 Å². The molecule has 2 aliphatic carbocycles. The normalized spacial score (nSPS) is 26.8. The molecule has 1 unspecified atom stereocenters. The van der Waals surface area contributed by atoms with Gasteiger partial charge < -0.3 is 5.32 Å². The van der Waals surface area contributed by atoms with Gasteiger partial charge in [-0.25, -0.2) is 0 Å². The summed E-state index contributed by atoms with van der Waals surface area (Å²) in [5.74, 6) is 0.126. The minimum absolute atomic E-state index is 0.126. The van der Waals surface area contributed by atoms with Gasteiger partial charge in [-0.2, -0.15) is 0 Å². The van der Waals surface area contributed by atoms with Crippen molar-refractivity contribution in [3.63, 3.8) is 0 Å². The molecule has 3 heteroatoms. The molecule has 0 saturated heterocycles. The highest BCUT2D eigenvalue weighted by Gasteiger charge is 2.51. The van der Waals surface area contributed by atoms with Crippen LogP contribution in [-0.4, -0.2) is 11.9 Å². The van der Waals surface area contributed by atoms with E-state index in [-0.39, 0.29) is 5.91 Å². The number of carbonyl (C=O) groups excluding carboxylic acids is 1. The summed E-state index contributed by atoms with van der Waals surface area (Å²) in [4.78, 5) is 12.7. The molecule has 80 valence electrons. The first-order valence-corrected chi connectivity index (χ1v) is 6.53. The first kappa shape index (κ1) is 9.40. The fourth-order valence-corrected chi connectivity index (χ4v) is 3.42. The Labute approximate surface area is 93.7 Å². The zero-order chi connectivity index (χ0) is 10.3. The molecule has 1 aromatic heterocycles. The van der Waals surface area contributed by atoms with Crippen LogP contribution in [0.2, 0.25) is 0 Å². The van der Waals surface area contributed by atoms with E-state index in [0.717, 1.165) is 4.88 Å². The lowest BCUT2D eigenvalue weighted by Crippen LogP contribution is -2.58. The number of nitrogens with one attached hydrogen (secondary N) is 1. The Balaban J connectivity index is 1.64. The molecule has 1 spiro atoms. The van der Waals surface area contributed by atoms with Crippen LogP contribution >= 0.6 is 11.3 Å². The number of amides is 1. The van der Waals surface area contributed by atoms with Crippen molar-refractivity contribution < 1.29 is 4.79 Å². The summed E-state index contributed by atoms with van der Waals surface area (Å²) < 4.78 is 0. The molecule has 0 radical (unpaired) electrons. The van der Waals surface area contributed by atoms with Gasteiger partial charge in [-0.15, -0.1) is 11.3 Å². The zero-order valence-corrected chi connectivity index (χ0v) is 9.48. The van der Waals surface area contributed by atoms with Gasteiger partial charge in [0.15, 0.2) is 0 Å². The monoisotopic (exact) mass is 221 g/mol. The van der Waals surface area contributed by atoms with Gasteiger partial charge in [-0.05, 0) is 42.5 Å². The zero-order valence-electron chi connectivity index (χ0n) is 8.66. The van der Waals surface area contributed by atoms with Crippen LogP contribution in [0.4, 0.5) is 0 Å². The minimum Gasteiger partial charge on any atom is -0.348 e. The third kappa shape index (κ3) is 1.41. The average Bonchev–Trinajstić information content (AvgIpc) is 2.62. The Bertz CT molecular complexity index is 361. The second-order valence-corrected chi connectivity index (χ2v) is 5.71. The Morgan fingerprint density at radius 3 is 2.80 bits per heavy atom. The van der Waals surface area contributed by atoms with Gasteiger partial charge in [0.2, 0.25) is 0 Å². The topological polar surface area (TPSA) is 29.1 Å². The van der Waals surface area contributed by atoms with Crippen molar-refractivity contribution in [1.29, 1.82) is 0 Å². The molecular formula is C12H15NOS. The molecule has 0 aromatic carbocycles. The highest BCUT2D eigenvalue weighted by molar-refractivity contribution is 7.12. The minimum atomic E-state index is 0.126. The molecule has 2 aliphatic rings. The number of thiophene rings is 1. The summed E-state index contributed by atoms with van der Waals surface area (Å²) in [6.07, 6.45) is 6.50. The first-order valence-electron chi connectivity index (χ1n) is 5.65. The van der Waals surface area contributed by atoms with E-state index in [2.05, 4.69) is 5.32 Å². The van der Waals surface area contributed by atoms with Crippen molar-refractivity contribution in [2.75, 3.05) is 0 Å². The van der Waals surface area contributed by atoms with Crippen LogP contribution in [0.5, 0.6) is 0 Å². The smallest absolute Gasteiger partial charge is 0.261 e. The van der Waals surface area contributed by atoms with E-state index in [1.165, 1.54) is 43.4 Å². The van der Waals surface area contributed by atoms with Crippen molar-refractivity contribution in [2.45, 2.75) is 38.1 Å². The Morgan fingerprint density at radius 1 is 1.47 bits per heavy atom. The predicted molar refractivity (Wildman–Crippen MR) is 61.1 cm³/mol. The third-order valence-corrected chi connectivity index (χ3v) is 4.94. The van der Waals surface area contributed by atoms with Crippen molar-refractivity contribution >= 4 is 17.2 Å². The summed E-state index contributed by atoms with van der Waals surface area (Å²) in [6, 6.07) is 4.28. The molecule has 0 aliphatic heterocycles. The average molecular weight is 221 g/mol. The molecule has 1 amide bonds. The number of hydrogen-bond donors (Lipinski definition) is 1. The van der Waals surface area contributed by atoms with Crippen LogP contribution in [0, 0.1) is 5.41 Å². The van der Waals surface area contributed by atoms with Gasteiger partial charge >= 0.3 is 0 Å². The fraction of sp³-hybridized carbons (Fsp3) is 0.583. The van der Waals surface area contributed by atoms with Crippen LogP contribution in [0.3, 0.4) is 0 Å². The predicted octanol–water partition coefficient (Wildman–Crippen LogP) is 2.81. The summed E-state index contributed by atoms with van der Waals surface area (Å²) >= 11 is 1.52. The molecule has 0 bridgehead atoms. The van der Waals surface area contributed by atoms with E-state index in [0.29, 0.717) is 11.5 Å². The summed E-state index contributed by atoms with van der Waals surface area (Å²) in [5.41, 5.74) is 0.507. The molecular weight excluding hydrogens is 206 g/mol. The number of rotatable bonds is 2. The molecule has 2 fully saturated rings. The highest BCUT2D eigenvalue weighted by Crippen LogP contribution is 2.55. The van der Waals surface area contributed by atoms with Crippen molar-refractivity contribution in [1.82, 2.24) is 5.32 Å². The lowest BCUT2D eigenvalue weighted by Gasteiger charge is -2.56. The molecule has 15 heavy (non-hydrogen) atoms. The van der Waals surface area contributed by atoms with Gasteiger partial charge in [0, 0.05) is 6.04 Å². The van der Waals surface area contributed by atoms with Crippen molar-refractivity contribution in [2.24, 2.45) is 5.41 Å². The van der Waals surface area contributed by atoms with E-state index >= 15 is 0 Å². The van der Waals surface area contributed by atoms with Crippen molar-refractivity contribution in [3.8, 4) is 0 Å². The van der Waals surface area contributed by atoms with Crippen LogP contribution in [-0.2, 0) is 0 Å². The van der Waals surface area contributed by atoms with Crippen LogP contribution in [0.25, 0.3) is 0 Å². The van der Waals surface area contributed by atoms with E-state index < -0.39 is 0 Å². The second-order valence-electron chi connectivity index (χ2n) is 4.76. The molecule has 1 aromatic rings. The molecule has 1 atom stereocenters. The SMILES string of the molecule is O=C(NC1CCC12CCC2)c1cccs1. The Morgan fingerprint density at radius 2 is 2.33 bits per heavy atom. The lowest BCUT2D eigenvalue weighted by molar-refractivity contribution is -0.0146. The number of carbonyl (C=O) groups is 1. The maximum atomic E-state index is 11.8. The molecule has 3 rings (SSSR count). The van der Waals surface area contributed by atoms with E-state index in [9.17, 15) is 4.79 Å². The van der Waals surface area contributed by atoms with Gasteiger partial charge in [-0.1, -0.05) is 12.5 Å². The molecule has 1 N–H and O–H groups in total. The number of hydrogen-bond acceptors (Lipinski definition) is 2. The molecule has 2 nitrogen and oxygen atoms in total. The molecule has 1 heterocycles. The van der Waals surface area contributed by atoms with Gasteiger partial charge in [-0.3, -0.25) is 4.79 Å². The standard InChI is InChI=1S/C12H15NOS/c14-11(9-3-1-8-15-9)13-10-4-7-12(10)5-2-6-12/h1,3,8,10H,2,4-7H2,(H,13,14).